The van der Waals surface area contributed by atoms with E-state index in [1.807, 2.05) is 58.8 Å². The third-order valence-corrected chi connectivity index (χ3v) is 21.3. The van der Waals surface area contributed by atoms with Gasteiger partial charge in [0.25, 0.3) is 5.09 Å². The molecule has 4 bridgehead atoms. The number of carbonyl (C=O) groups excluding carboxylic acids is 6. The van der Waals surface area contributed by atoms with Crippen molar-refractivity contribution in [3.63, 3.8) is 0 Å². The minimum atomic E-state index is -1.50. The number of esters is 2. The normalized spacial score (nSPS) is 23.1. The van der Waals surface area contributed by atoms with Crippen molar-refractivity contribution in [2.45, 2.75) is 219 Å². The predicted molar refractivity (Wildman–Crippen MR) is 370 cm³/mol. The summed E-state index contributed by atoms with van der Waals surface area (Å²) in [7, 11) is 6.98. The molecule has 2 fully saturated rings. The van der Waals surface area contributed by atoms with Gasteiger partial charge in [0.1, 0.15) is 35.9 Å². The van der Waals surface area contributed by atoms with Crippen molar-refractivity contribution in [2.24, 2.45) is 0 Å². The third-order valence-electron chi connectivity index (χ3n) is 21.3. The number of fused-ring (bicyclic) bond motifs is 18. The zero-order chi connectivity index (χ0) is 74.9. The fourth-order valence-corrected chi connectivity index (χ4v) is 17.0. The van der Waals surface area contributed by atoms with Crippen LogP contribution >= 0.6 is 0 Å². The van der Waals surface area contributed by atoms with Crippen LogP contribution in [0.15, 0.2) is 12.1 Å². The Morgan fingerprint density at radius 3 is 1.40 bits per heavy atom. The summed E-state index contributed by atoms with van der Waals surface area (Å²) in [6.45, 7) is 17.6. The van der Waals surface area contributed by atoms with E-state index in [4.69, 9.17) is 53.2 Å². The van der Waals surface area contributed by atoms with E-state index in [0.717, 1.165) is 71.9 Å². The second-order valence-corrected chi connectivity index (χ2v) is 27.7. The third kappa shape index (κ3) is 15.1. The van der Waals surface area contributed by atoms with Crippen LogP contribution in [0.1, 0.15) is 184 Å². The number of aromatic hydroxyl groups is 2. The van der Waals surface area contributed by atoms with Crippen LogP contribution in [0, 0.1) is 49.1 Å². The molecule has 4 amide bonds. The second-order valence-electron chi connectivity index (χ2n) is 27.7. The fraction of sp³-hybridized carbons (Fsp3) is 0.575. The van der Waals surface area contributed by atoms with Crippen LogP contribution in [0.25, 0.3) is 0 Å². The van der Waals surface area contributed by atoms with Crippen LogP contribution in [0.4, 0.5) is 0 Å². The van der Waals surface area contributed by atoms with E-state index < -0.39 is 71.6 Å². The number of carbonyl (C=O) groups is 6. The number of phenols is 2. The molecule has 569 valence electrons. The maximum atomic E-state index is 13.5. The van der Waals surface area contributed by atoms with Gasteiger partial charge in [-0.05, 0) is 116 Å². The number of nitrogens with zero attached hydrogens (tertiary/aromatic N) is 6. The average Bonchev–Trinajstić information content (AvgIpc) is 0.818. The number of aliphatic hydroxyl groups excluding tert-OH is 1. The van der Waals surface area contributed by atoms with Gasteiger partial charge in [0.2, 0.25) is 37.2 Å². The summed E-state index contributed by atoms with van der Waals surface area (Å²) in [5.74, 6) is 1.40. The van der Waals surface area contributed by atoms with Crippen LogP contribution in [0.2, 0.25) is 0 Å². The Kier molecular flexibility index (Phi) is 25.4. The molecule has 31 heteroatoms. The molecule has 4 aromatic rings. The topological polar surface area (TPSA) is 385 Å². The maximum absolute atomic E-state index is 13.5. The number of hydrogen-bond acceptors (Lipinski definition) is 24. The zero-order valence-corrected chi connectivity index (χ0v) is 62.7. The van der Waals surface area contributed by atoms with Gasteiger partial charge in [0, 0.05) is 125 Å². The summed E-state index contributed by atoms with van der Waals surface area (Å²) in [5, 5.41) is 71.8. The first-order valence-electron chi connectivity index (χ1n) is 35.1. The number of hydrogen-bond donors (Lipinski definition) is 8. The molecule has 104 heavy (non-hydrogen) atoms. The van der Waals surface area contributed by atoms with Crippen molar-refractivity contribution >= 4 is 35.6 Å². The number of piperazine rings is 2. The number of aryl methyl sites for hydroxylation is 2. The summed E-state index contributed by atoms with van der Waals surface area (Å²) in [5.41, 5.74) is 8.94. The van der Waals surface area contributed by atoms with Gasteiger partial charge in [-0.15, -0.1) is 10.1 Å². The van der Waals surface area contributed by atoms with Gasteiger partial charge < -0.3 is 79.7 Å². The summed E-state index contributed by atoms with van der Waals surface area (Å²) >= 11 is 0. The van der Waals surface area contributed by atoms with Gasteiger partial charge in [0.15, 0.2) is 46.0 Å². The first-order valence-corrected chi connectivity index (χ1v) is 35.1. The van der Waals surface area contributed by atoms with E-state index in [0.29, 0.717) is 118 Å². The molecule has 2 unspecified atom stereocenters. The van der Waals surface area contributed by atoms with E-state index in [1.54, 1.807) is 13.8 Å². The molecule has 30 nitrogen and oxygen atoms in total. The van der Waals surface area contributed by atoms with Gasteiger partial charge in [-0.25, -0.2) is 0 Å². The molecule has 4 aromatic carbocycles. The number of benzene rings is 4. The largest absolute Gasteiger partial charge is 0.504 e. The molecule has 8 heterocycles. The molecule has 8 N–H and O–H groups in total. The summed E-state index contributed by atoms with van der Waals surface area (Å²) < 4.78 is 47.0. The van der Waals surface area contributed by atoms with Gasteiger partial charge >= 0.3 is 11.9 Å². The number of nitrogens with one attached hydrogen (secondary N) is 4. The van der Waals surface area contributed by atoms with Crippen molar-refractivity contribution in [3.05, 3.63) is 89.0 Å². The van der Waals surface area contributed by atoms with E-state index in [2.05, 4.69) is 55.9 Å². The molecule has 0 aliphatic carbocycles. The second kappa shape index (κ2) is 33.2. The molecule has 2 saturated heterocycles. The van der Waals surface area contributed by atoms with Gasteiger partial charge in [-0.2, -0.15) is 5.26 Å². The minimum Gasteiger partial charge on any atom is -0.504 e. The quantitative estimate of drug-likeness (QED) is 0.0119. The summed E-state index contributed by atoms with van der Waals surface area (Å²) in [4.78, 5) is 93.8. The van der Waals surface area contributed by atoms with E-state index in [-0.39, 0.29) is 102 Å². The number of phenolic OH excluding ortho intramolecular Hbond substituents is 2. The van der Waals surface area contributed by atoms with Crippen LogP contribution < -0.4 is 59.2 Å². The number of methoxy groups -OCH3 is 2. The molecule has 0 saturated carbocycles. The zero-order valence-electron chi connectivity index (χ0n) is 61.2. The number of ether oxygens (including phenoxy) is 8. The van der Waals surface area contributed by atoms with E-state index in [9.17, 15) is 49.3 Å². The van der Waals surface area contributed by atoms with Gasteiger partial charge in [-0.1, -0.05) is 51.7 Å². The van der Waals surface area contributed by atoms with E-state index >= 15 is 0 Å². The Bertz CT molecular complexity index is 4030. The van der Waals surface area contributed by atoms with Crippen LogP contribution in [-0.4, -0.2) is 184 Å². The van der Waals surface area contributed by atoms with Crippen molar-refractivity contribution in [1.29, 1.82) is 5.26 Å². The Labute approximate surface area is 619 Å². The predicted octanol–water partition coefficient (Wildman–Crippen LogP) is 6.36. The summed E-state index contributed by atoms with van der Waals surface area (Å²) in [6.07, 6.45) is 6.72. The molecule has 0 spiro atoms. The average molecular weight is 1540 g/mol. The number of likely N-dealkylation sites (N-methyl/N-ethyl adjacent to an activating group) is 2. The monoisotopic (exact) mass is 1540 g/mol. The molecule has 12 atom stereocenters. The van der Waals surface area contributed by atoms with Crippen LogP contribution in [-0.2, 0) is 76.8 Å². The SMILES string of the molecule is CCCCCC(=O)N[C@@H](C)C(=O)NC[C@H]1c2c(c(OC(C)=O)c(C)c3c2OCO3)CC2[C@H]3c4c(cc(C)c(OC)c4O)C[C@@H]([C@H](C#N)N21)N3C.CCCCCC(=O)N[C@@H](C)C(=O)NC[C@H]1c2c(c(OC(C)=O)c(C)c3c2OCO3)CC2[C@H]3c4c(cc(C)c(OC)c4O)C[C@@H]([C@H](O)N21)N3C.O=[N+]([O-])O.[Ag]. The van der Waals surface area contributed by atoms with Crippen molar-refractivity contribution in [3.8, 4) is 63.6 Å². The Morgan fingerprint density at radius 2 is 1.01 bits per heavy atom. The molecule has 1 radical (unpaired) electrons. The van der Waals surface area contributed by atoms with E-state index in [1.165, 1.54) is 28.1 Å². The minimum absolute atomic E-state index is 0. The Balaban J connectivity index is 0.000000227. The first-order chi connectivity index (χ1) is 49.0. The van der Waals surface area contributed by atoms with Crippen LogP contribution in [0.5, 0.6) is 57.5 Å². The van der Waals surface area contributed by atoms with Crippen molar-refractivity contribution in [2.75, 3.05) is 55.0 Å². The Morgan fingerprint density at radius 1 is 0.625 bits per heavy atom. The molecule has 12 rings (SSSR count). The molecule has 8 aliphatic heterocycles. The molecule has 8 aliphatic rings. The molecule has 0 aromatic heterocycles. The van der Waals surface area contributed by atoms with Crippen LogP contribution in [0.3, 0.4) is 0 Å². The number of amides is 4. The summed E-state index contributed by atoms with van der Waals surface area (Å²) in [6, 6.07) is 0.956. The molecular weight excluding hydrogens is 1440 g/mol. The van der Waals surface area contributed by atoms with Gasteiger partial charge in [0.05, 0.1) is 50.5 Å². The number of aliphatic hydroxyl groups is 1. The standard InChI is InChI=1S/C37H47N5O8.C36H48N4O9.Ag.HNO3/c1-8-9-10-11-28(44)40-20(4)37(46)39-16-27-30-23(34(50-21(5)43)19(3)35-36(30)49-17-48-35)14-25-31-29-22(12-18(2)33(47-7)32(29)45)13-24(41(31)6)26(15-38)42(25)27;1-8-9-10-11-26(42)38-19(4)35(44)37-15-25-28-22(32(49-20(5)41)18(3)33-34(28)48-16-47-33)14-23-29-27-21(12-17(2)31(46-7)30(27)43)13-24(39(29)6)36(45)40(23)25;;2-1(3)4/h12,20,24-27,31,45H,8-11,13-14,16-17H2,1-7H3,(H,39,46)(H,40,44);12,19,23-25,29,36,43,45H,8-11,13-16H2,1-7H3,(H,37,44)(H,38,42);;(H,2,3,4)/t20-,24-,25?,26-,27-,31-;19-,23?,24-,25-,29-,36-;;/m00../s1. The smallest absolute Gasteiger partial charge is 0.308 e. The number of rotatable bonds is 20. The Hall–Kier alpha value is -8.67. The maximum Gasteiger partial charge on any atom is 0.308 e. The molecular formula is C73H96AgN10O20. The van der Waals surface area contributed by atoms with Crippen molar-refractivity contribution in [1.82, 2.24) is 40.9 Å². The fourth-order valence-electron chi connectivity index (χ4n) is 17.0. The number of unbranched alkanes of at least 4 members (excludes halogenated alkanes) is 4. The van der Waals surface area contributed by atoms with Crippen molar-refractivity contribution < 1.29 is 115 Å². The van der Waals surface area contributed by atoms with Gasteiger partial charge in [-0.3, -0.25) is 48.4 Å². The number of nitriles is 1. The first kappa shape index (κ1) is 79.4.